The molecule has 1 rings (SSSR count). The molecule has 0 aliphatic carbocycles. The molecule has 8 nitrogen and oxygen atoms in total. The summed E-state index contributed by atoms with van der Waals surface area (Å²) in [6, 6.07) is 6.76. The fourth-order valence-corrected chi connectivity index (χ4v) is 1.81. The van der Waals surface area contributed by atoms with Gasteiger partial charge in [0.1, 0.15) is 11.4 Å². The van der Waals surface area contributed by atoms with Crippen LogP contribution in [-0.2, 0) is 19.1 Å². The first-order valence-electron chi connectivity index (χ1n) is 8.22. The number of hydrogen-bond acceptors (Lipinski definition) is 6. The number of carbonyl (C=O) groups excluding carboxylic acids is 3. The van der Waals surface area contributed by atoms with E-state index >= 15 is 0 Å². The van der Waals surface area contributed by atoms with Gasteiger partial charge in [-0.2, -0.15) is 0 Å². The molecule has 0 saturated heterocycles. The van der Waals surface area contributed by atoms with Crippen LogP contribution in [0.5, 0.6) is 5.75 Å². The number of alkyl carbamates (subject to hydrolysis) is 1. The Balaban J connectivity index is 2.34. The topological polar surface area (TPSA) is 103 Å². The molecule has 0 bridgehead atoms. The number of rotatable bonds is 7. The molecule has 144 valence electrons. The summed E-state index contributed by atoms with van der Waals surface area (Å²) in [5.74, 6) is -0.387. The zero-order valence-corrected chi connectivity index (χ0v) is 15.8. The van der Waals surface area contributed by atoms with Gasteiger partial charge in [0.2, 0.25) is 0 Å². The molecule has 1 aromatic carbocycles. The molecule has 1 aromatic rings. The van der Waals surface area contributed by atoms with Crippen LogP contribution in [0, 0.1) is 0 Å². The average molecular weight is 366 g/mol. The average Bonchev–Trinajstić information content (AvgIpc) is 2.53. The van der Waals surface area contributed by atoms with Gasteiger partial charge in [-0.3, -0.25) is 9.59 Å². The Bertz CT molecular complexity index is 622. The molecule has 8 heteroatoms. The second-order valence-electron chi connectivity index (χ2n) is 6.53. The quantitative estimate of drug-likeness (QED) is 0.719. The number of hydrogen-bond donors (Lipinski definition) is 2. The predicted octanol–water partition coefficient (Wildman–Crippen LogP) is 2.48. The van der Waals surface area contributed by atoms with Gasteiger partial charge in [-0.25, -0.2) is 4.79 Å². The molecular weight excluding hydrogens is 340 g/mol. The largest absolute Gasteiger partial charge is 0.497 e. The van der Waals surface area contributed by atoms with E-state index in [1.807, 2.05) is 0 Å². The number of benzene rings is 1. The van der Waals surface area contributed by atoms with Crippen LogP contribution in [0.15, 0.2) is 24.3 Å². The van der Waals surface area contributed by atoms with E-state index in [1.165, 1.54) is 6.92 Å². The zero-order chi connectivity index (χ0) is 19.7. The first-order valence-corrected chi connectivity index (χ1v) is 8.22. The second kappa shape index (κ2) is 9.65. The first-order chi connectivity index (χ1) is 12.1. The molecule has 0 radical (unpaired) electrons. The SMILES string of the molecule is COc1ccc(NC(=O)C(C)OC(=O)CCNC(=O)OC(C)(C)C)cc1. The van der Waals surface area contributed by atoms with Crippen molar-refractivity contribution in [2.24, 2.45) is 0 Å². The summed E-state index contributed by atoms with van der Waals surface area (Å²) in [6.45, 7) is 6.75. The molecule has 2 N–H and O–H groups in total. The van der Waals surface area contributed by atoms with Crippen molar-refractivity contribution in [3.8, 4) is 5.75 Å². The molecule has 0 aliphatic heterocycles. The standard InChI is InChI=1S/C18H26N2O6/c1-12(16(22)20-13-6-8-14(24-5)9-7-13)25-15(21)10-11-19-17(23)26-18(2,3)4/h6-9,12H,10-11H2,1-5H3,(H,19,23)(H,20,22). The van der Waals surface area contributed by atoms with Crippen LogP contribution in [0.1, 0.15) is 34.1 Å². The molecule has 0 fully saturated rings. The lowest BCUT2D eigenvalue weighted by Crippen LogP contribution is -2.35. The Labute approximate surface area is 153 Å². The highest BCUT2D eigenvalue weighted by molar-refractivity contribution is 5.95. The van der Waals surface area contributed by atoms with Crippen molar-refractivity contribution < 1.29 is 28.6 Å². The van der Waals surface area contributed by atoms with E-state index < -0.39 is 29.7 Å². The predicted molar refractivity (Wildman–Crippen MR) is 96.0 cm³/mol. The highest BCUT2D eigenvalue weighted by atomic mass is 16.6. The van der Waals surface area contributed by atoms with Crippen molar-refractivity contribution >= 4 is 23.7 Å². The summed E-state index contributed by atoms with van der Waals surface area (Å²) in [7, 11) is 1.55. The van der Waals surface area contributed by atoms with Crippen LogP contribution in [0.2, 0.25) is 0 Å². The van der Waals surface area contributed by atoms with Gasteiger partial charge >= 0.3 is 12.1 Å². The molecular formula is C18H26N2O6. The lowest BCUT2D eigenvalue weighted by molar-refractivity contribution is -0.153. The maximum atomic E-state index is 12.0. The molecule has 0 saturated carbocycles. The van der Waals surface area contributed by atoms with Crippen LogP contribution < -0.4 is 15.4 Å². The maximum absolute atomic E-state index is 12.0. The van der Waals surface area contributed by atoms with Gasteiger partial charge in [-0.1, -0.05) is 0 Å². The zero-order valence-electron chi connectivity index (χ0n) is 15.8. The molecule has 26 heavy (non-hydrogen) atoms. The van der Waals surface area contributed by atoms with E-state index in [-0.39, 0.29) is 13.0 Å². The number of amides is 2. The van der Waals surface area contributed by atoms with Gasteiger partial charge < -0.3 is 24.8 Å². The number of anilines is 1. The lowest BCUT2D eigenvalue weighted by Gasteiger charge is -2.19. The van der Waals surface area contributed by atoms with Gasteiger partial charge in [-0.15, -0.1) is 0 Å². The summed E-state index contributed by atoms with van der Waals surface area (Å²) in [4.78, 5) is 35.2. The summed E-state index contributed by atoms with van der Waals surface area (Å²) in [6.07, 6.45) is -1.65. The normalized spacial score (nSPS) is 11.9. The van der Waals surface area contributed by atoms with Crippen molar-refractivity contribution in [1.82, 2.24) is 5.32 Å². The van der Waals surface area contributed by atoms with E-state index in [4.69, 9.17) is 14.2 Å². The molecule has 2 amide bonds. The number of ether oxygens (including phenoxy) is 3. The van der Waals surface area contributed by atoms with E-state index in [9.17, 15) is 14.4 Å². The van der Waals surface area contributed by atoms with Crippen molar-refractivity contribution in [3.05, 3.63) is 24.3 Å². The highest BCUT2D eigenvalue weighted by Crippen LogP contribution is 2.15. The molecule has 0 heterocycles. The Morgan fingerprint density at radius 1 is 1.12 bits per heavy atom. The Hall–Kier alpha value is -2.77. The van der Waals surface area contributed by atoms with Gasteiger partial charge in [0.15, 0.2) is 6.10 Å². The van der Waals surface area contributed by atoms with Gasteiger partial charge in [-0.05, 0) is 52.0 Å². The molecule has 1 unspecified atom stereocenters. The van der Waals surface area contributed by atoms with E-state index in [2.05, 4.69) is 10.6 Å². The summed E-state index contributed by atoms with van der Waals surface area (Å²) in [5.41, 5.74) is -0.0520. The van der Waals surface area contributed by atoms with Crippen LogP contribution in [0.25, 0.3) is 0 Å². The highest BCUT2D eigenvalue weighted by Gasteiger charge is 2.19. The number of carbonyl (C=O) groups is 3. The third-order valence-electron chi connectivity index (χ3n) is 3.03. The summed E-state index contributed by atoms with van der Waals surface area (Å²) >= 11 is 0. The third-order valence-corrected chi connectivity index (χ3v) is 3.03. The number of methoxy groups -OCH3 is 1. The number of esters is 1. The fraction of sp³-hybridized carbons (Fsp3) is 0.500. The minimum absolute atomic E-state index is 0.0561. The van der Waals surface area contributed by atoms with E-state index in [0.29, 0.717) is 11.4 Å². The Kier molecular flexibility index (Phi) is 7.89. The van der Waals surface area contributed by atoms with E-state index in [0.717, 1.165) is 0 Å². The first kappa shape index (κ1) is 21.3. The van der Waals surface area contributed by atoms with E-state index in [1.54, 1.807) is 52.1 Å². The minimum Gasteiger partial charge on any atom is -0.497 e. The smallest absolute Gasteiger partial charge is 0.407 e. The lowest BCUT2D eigenvalue weighted by atomic mass is 10.2. The fourth-order valence-electron chi connectivity index (χ4n) is 1.81. The van der Waals surface area contributed by atoms with Crippen LogP contribution in [-0.4, -0.2) is 43.3 Å². The van der Waals surface area contributed by atoms with Crippen molar-refractivity contribution in [3.63, 3.8) is 0 Å². The minimum atomic E-state index is -0.967. The van der Waals surface area contributed by atoms with Crippen molar-refractivity contribution in [1.29, 1.82) is 0 Å². The maximum Gasteiger partial charge on any atom is 0.407 e. The van der Waals surface area contributed by atoms with Gasteiger partial charge in [0, 0.05) is 12.2 Å². The molecule has 0 aliphatic rings. The van der Waals surface area contributed by atoms with Gasteiger partial charge in [0.05, 0.1) is 13.5 Å². The Morgan fingerprint density at radius 3 is 2.27 bits per heavy atom. The monoisotopic (exact) mass is 366 g/mol. The van der Waals surface area contributed by atoms with Crippen molar-refractivity contribution in [2.75, 3.05) is 19.0 Å². The van der Waals surface area contributed by atoms with Crippen molar-refractivity contribution in [2.45, 2.75) is 45.8 Å². The van der Waals surface area contributed by atoms with Crippen LogP contribution in [0.3, 0.4) is 0 Å². The van der Waals surface area contributed by atoms with Crippen LogP contribution in [0.4, 0.5) is 10.5 Å². The third kappa shape index (κ3) is 8.36. The molecule has 0 spiro atoms. The second-order valence-corrected chi connectivity index (χ2v) is 6.53. The number of nitrogens with one attached hydrogen (secondary N) is 2. The summed E-state index contributed by atoms with van der Waals surface area (Å²) < 4.78 is 15.1. The Morgan fingerprint density at radius 2 is 1.73 bits per heavy atom. The molecule has 1 atom stereocenters. The van der Waals surface area contributed by atoms with Gasteiger partial charge in [0.25, 0.3) is 5.91 Å². The molecule has 0 aromatic heterocycles. The van der Waals surface area contributed by atoms with Crippen LogP contribution >= 0.6 is 0 Å². The summed E-state index contributed by atoms with van der Waals surface area (Å²) in [5, 5.41) is 5.09.